The summed E-state index contributed by atoms with van der Waals surface area (Å²) in [5.41, 5.74) is 1.16. The molecule has 2 amide bonds. The van der Waals surface area contributed by atoms with Crippen LogP contribution in [-0.4, -0.2) is 41.7 Å². The van der Waals surface area contributed by atoms with E-state index in [9.17, 15) is 4.79 Å². The van der Waals surface area contributed by atoms with Gasteiger partial charge in [-0.1, -0.05) is 18.6 Å². The van der Waals surface area contributed by atoms with Crippen LogP contribution in [0.4, 0.5) is 9.93 Å². The summed E-state index contributed by atoms with van der Waals surface area (Å²) < 4.78 is 11.7. The molecule has 144 valence electrons. The van der Waals surface area contributed by atoms with Crippen molar-refractivity contribution >= 4 is 22.5 Å². The van der Waals surface area contributed by atoms with Crippen LogP contribution in [0.5, 0.6) is 11.5 Å². The minimum atomic E-state index is -0.182. The zero-order valence-corrected chi connectivity index (χ0v) is 16.4. The lowest BCUT2D eigenvalue weighted by atomic mass is 10.2. The number of benzene rings is 1. The predicted octanol–water partition coefficient (Wildman–Crippen LogP) is 4.11. The van der Waals surface area contributed by atoms with Gasteiger partial charge in [-0.3, -0.25) is 5.32 Å². The number of anilines is 1. The normalized spacial score (nSPS) is 18.3. The first-order valence-corrected chi connectivity index (χ1v) is 10.5. The molecule has 0 saturated carbocycles. The highest BCUT2D eigenvalue weighted by Gasteiger charge is 2.25. The van der Waals surface area contributed by atoms with Gasteiger partial charge in [0.05, 0.1) is 12.2 Å². The quantitative estimate of drug-likeness (QED) is 0.802. The zero-order chi connectivity index (χ0) is 18.6. The first kappa shape index (κ1) is 18.1. The lowest BCUT2D eigenvalue weighted by molar-refractivity contribution is 0.0693. The second kappa shape index (κ2) is 8.17. The summed E-state index contributed by atoms with van der Waals surface area (Å²) in [5, 5.41) is 3.68. The zero-order valence-electron chi connectivity index (χ0n) is 15.6. The smallest absolute Gasteiger partial charge is 0.323 e. The number of nitrogens with one attached hydrogen (secondary N) is 1. The van der Waals surface area contributed by atoms with E-state index in [2.05, 4.69) is 10.3 Å². The van der Waals surface area contributed by atoms with E-state index in [1.165, 1.54) is 24.1 Å². The fourth-order valence-electron chi connectivity index (χ4n) is 3.51. The van der Waals surface area contributed by atoms with Crippen LogP contribution in [0.3, 0.4) is 0 Å². The molecular formula is C20H25N3O3S. The van der Waals surface area contributed by atoms with Crippen LogP contribution < -0.4 is 14.8 Å². The van der Waals surface area contributed by atoms with E-state index in [-0.39, 0.29) is 12.1 Å². The molecule has 2 aromatic rings. The number of fused-ring (bicyclic) bond motifs is 2. The van der Waals surface area contributed by atoms with E-state index in [1.54, 1.807) is 16.2 Å². The topological polar surface area (TPSA) is 63.7 Å². The second-order valence-electron chi connectivity index (χ2n) is 6.92. The third-order valence-electron chi connectivity index (χ3n) is 4.97. The average Bonchev–Trinajstić information content (AvgIpc) is 2.93. The van der Waals surface area contributed by atoms with Crippen molar-refractivity contribution in [3.63, 3.8) is 0 Å². The molecule has 1 atom stereocenters. The van der Waals surface area contributed by atoms with Crippen molar-refractivity contribution in [3.8, 4) is 11.5 Å². The number of rotatable bonds is 4. The molecule has 2 heterocycles. The summed E-state index contributed by atoms with van der Waals surface area (Å²) in [4.78, 5) is 20.4. The second-order valence-corrected chi connectivity index (χ2v) is 8.00. The number of hydrogen-bond donors (Lipinski definition) is 1. The van der Waals surface area contributed by atoms with Gasteiger partial charge in [0.25, 0.3) is 0 Å². The van der Waals surface area contributed by atoms with E-state index in [4.69, 9.17) is 9.47 Å². The Hall–Kier alpha value is -2.28. The van der Waals surface area contributed by atoms with Gasteiger partial charge < -0.3 is 14.4 Å². The van der Waals surface area contributed by atoms with Crippen LogP contribution >= 0.6 is 11.3 Å². The highest BCUT2D eigenvalue weighted by Crippen LogP contribution is 2.31. The fraction of sp³-hybridized carbons (Fsp3) is 0.500. The molecule has 1 unspecified atom stereocenters. The van der Waals surface area contributed by atoms with Gasteiger partial charge in [-0.05, 0) is 44.7 Å². The van der Waals surface area contributed by atoms with Crippen LogP contribution in [0, 0.1) is 0 Å². The third kappa shape index (κ3) is 4.18. The molecule has 27 heavy (non-hydrogen) atoms. The van der Waals surface area contributed by atoms with Gasteiger partial charge >= 0.3 is 6.03 Å². The van der Waals surface area contributed by atoms with Gasteiger partial charge in [0, 0.05) is 11.4 Å². The number of urea groups is 1. The predicted molar refractivity (Wildman–Crippen MR) is 106 cm³/mol. The molecule has 1 aromatic carbocycles. The molecule has 0 spiro atoms. The summed E-state index contributed by atoms with van der Waals surface area (Å²) in [6, 6.07) is 7.48. The molecule has 0 fully saturated rings. The molecule has 1 aliphatic heterocycles. The SMILES string of the molecule is CCN(CC1COc2ccccc2O1)C(=O)Nc1nc2c(s1)CCCCC2. The van der Waals surface area contributed by atoms with E-state index < -0.39 is 0 Å². The molecule has 0 saturated heterocycles. The summed E-state index contributed by atoms with van der Waals surface area (Å²) in [6.45, 7) is 3.47. The monoisotopic (exact) mass is 387 g/mol. The van der Waals surface area contributed by atoms with Gasteiger partial charge in [-0.2, -0.15) is 0 Å². The molecule has 1 aliphatic carbocycles. The Bertz CT molecular complexity index is 784. The molecule has 2 aliphatic rings. The van der Waals surface area contributed by atoms with Crippen LogP contribution in [0.1, 0.15) is 36.8 Å². The summed E-state index contributed by atoms with van der Waals surface area (Å²) in [5.74, 6) is 1.49. The number of para-hydroxylation sites is 2. The molecule has 1 N–H and O–H groups in total. The first-order valence-electron chi connectivity index (χ1n) is 9.66. The Morgan fingerprint density at radius 1 is 1.26 bits per heavy atom. The third-order valence-corrected chi connectivity index (χ3v) is 6.04. The molecular weight excluding hydrogens is 362 g/mol. The van der Waals surface area contributed by atoms with Crippen LogP contribution in [0.15, 0.2) is 24.3 Å². The van der Waals surface area contributed by atoms with Crippen molar-refractivity contribution in [2.75, 3.05) is 25.0 Å². The van der Waals surface area contributed by atoms with Crippen molar-refractivity contribution in [2.24, 2.45) is 0 Å². The summed E-state index contributed by atoms with van der Waals surface area (Å²) in [7, 11) is 0. The van der Waals surface area contributed by atoms with Gasteiger partial charge in [0.15, 0.2) is 22.7 Å². The Labute approximate surface area is 163 Å². The maximum Gasteiger partial charge on any atom is 0.323 e. The Balaban J connectivity index is 1.37. The van der Waals surface area contributed by atoms with Gasteiger partial charge in [0.1, 0.15) is 6.61 Å². The molecule has 6 nitrogen and oxygen atoms in total. The molecule has 4 rings (SSSR count). The van der Waals surface area contributed by atoms with E-state index >= 15 is 0 Å². The number of likely N-dealkylation sites (N-methyl/N-ethyl adjacent to an activating group) is 1. The number of nitrogens with zero attached hydrogens (tertiary/aromatic N) is 2. The van der Waals surface area contributed by atoms with Crippen molar-refractivity contribution in [3.05, 3.63) is 34.8 Å². The number of amides is 2. The number of hydrogen-bond acceptors (Lipinski definition) is 5. The summed E-state index contributed by atoms with van der Waals surface area (Å²) in [6.07, 6.45) is 5.58. The Morgan fingerprint density at radius 3 is 2.93 bits per heavy atom. The Morgan fingerprint density at radius 2 is 2.07 bits per heavy atom. The van der Waals surface area contributed by atoms with Gasteiger partial charge in [-0.25, -0.2) is 9.78 Å². The van der Waals surface area contributed by atoms with Crippen molar-refractivity contribution in [1.29, 1.82) is 0 Å². The fourth-order valence-corrected chi connectivity index (χ4v) is 4.55. The molecule has 0 bridgehead atoms. The van der Waals surface area contributed by atoms with Gasteiger partial charge in [0.2, 0.25) is 0 Å². The minimum absolute atomic E-state index is 0.135. The average molecular weight is 388 g/mol. The number of carbonyl (C=O) groups excluding carboxylic acids is 1. The maximum absolute atomic E-state index is 12.7. The minimum Gasteiger partial charge on any atom is -0.486 e. The first-order chi connectivity index (χ1) is 13.2. The van der Waals surface area contributed by atoms with E-state index in [0.717, 1.165) is 30.0 Å². The number of aromatic nitrogens is 1. The lowest BCUT2D eigenvalue weighted by Gasteiger charge is -2.30. The highest BCUT2D eigenvalue weighted by molar-refractivity contribution is 7.15. The number of aryl methyl sites for hydroxylation is 2. The standard InChI is InChI=1S/C20H25N3O3S/c1-2-23(12-14-13-25-16-9-6-7-10-17(16)26-14)20(24)22-19-21-15-8-4-3-5-11-18(15)27-19/h6-7,9-10,14H,2-5,8,11-13H2,1H3,(H,21,22,24). The number of ether oxygens (including phenoxy) is 2. The van der Waals surface area contributed by atoms with Crippen molar-refractivity contribution < 1.29 is 14.3 Å². The van der Waals surface area contributed by atoms with Crippen molar-refractivity contribution in [2.45, 2.75) is 45.1 Å². The number of thiazole rings is 1. The molecule has 1 aromatic heterocycles. The summed E-state index contributed by atoms with van der Waals surface area (Å²) >= 11 is 1.62. The van der Waals surface area contributed by atoms with Crippen LogP contribution in [0.2, 0.25) is 0 Å². The molecule has 0 radical (unpaired) electrons. The molecule has 7 heteroatoms. The van der Waals surface area contributed by atoms with E-state index in [1.807, 2.05) is 31.2 Å². The lowest BCUT2D eigenvalue weighted by Crippen LogP contribution is -2.45. The Kier molecular flexibility index (Phi) is 5.48. The van der Waals surface area contributed by atoms with Crippen LogP contribution in [0.25, 0.3) is 0 Å². The largest absolute Gasteiger partial charge is 0.486 e. The van der Waals surface area contributed by atoms with Crippen LogP contribution in [-0.2, 0) is 12.8 Å². The maximum atomic E-state index is 12.7. The van der Waals surface area contributed by atoms with E-state index in [0.29, 0.717) is 24.8 Å². The number of carbonyl (C=O) groups is 1. The highest BCUT2D eigenvalue weighted by atomic mass is 32.1. The van der Waals surface area contributed by atoms with Gasteiger partial charge in [-0.15, -0.1) is 11.3 Å². The van der Waals surface area contributed by atoms with Crippen molar-refractivity contribution in [1.82, 2.24) is 9.88 Å².